The second-order valence-corrected chi connectivity index (χ2v) is 8.59. The summed E-state index contributed by atoms with van der Waals surface area (Å²) in [5, 5.41) is 82.1. The van der Waals surface area contributed by atoms with Gasteiger partial charge in [-0.1, -0.05) is 23.2 Å². The highest BCUT2D eigenvalue weighted by molar-refractivity contribution is 6.55. The average molecular weight is 531 g/mol. The third-order valence-electron chi connectivity index (χ3n) is 5.71. The number of carbonyl (C=O) groups is 2. The molecule has 2 fully saturated rings. The lowest BCUT2D eigenvalue weighted by Gasteiger charge is -2.42. The third kappa shape index (κ3) is 4.82. The summed E-state index contributed by atoms with van der Waals surface area (Å²) in [6, 6.07) is -3.11. The van der Waals surface area contributed by atoms with E-state index in [0.29, 0.717) is 0 Å². The van der Waals surface area contributed by atoms with E-state index in [1.54, 1.807) is 0 Å². The molecule has 2 saturated heterocycles. The molecule has 2 aliphatic heterocycles. The molecule has 34 heavy (non-hydrogen) atoms. The van der Waals surface area contributed by atoms with E-state index in [4.69, 9.17) is 42.9 Å². The van der Waals surface area contributed by atoms with Crippen LogP contribution in [0.3, 0.4) is 0 Å². The van der Waals surface area contributed by atoms with Gasteiger partial charge in [-0.05, 0) is 0 Å². The fraction of sp³-hybridized carbons (Fsp3) is 0.667. The Hall–Kier alpha value is -1.40. The number of hydrogen-bond donors (Lipinski definition) is 10. The van der Waals surface area contributed by atoms with Gasteiger partial charge in [0.15, 0.2) is 12.6 Å². The van der Waals surface area contributed by atoms with Crippen LogP contribution in [0.25, 0.3) is 0 Å². The molecule has 0 amide bonds. The average Bonchev–Trinajstić information content (AvgIpc) is 2.81. The number of hydrogen-bond acceptors (Lipinski definition) is 14. The van der Waals surface area contributed by atoms with Crippen molar-refractivity contribution in [1.29, 1.82) is 0 Å². The van der Waals surface area contributed by atoms with Crippen LogP contribution in [-0.4, -0.2) is 127 Å². The SMILES string of the molecule is O=C1C(Cl)=C(N[C@H]2[C@@H](O)[C@H](O)[C@@H](CO)O[C@H]2O)C(=O)C(Cl)=C1N[C@@H]1[C@H](O)[C@H](O)[C@H](CO)O[C@@H]1O. The van der Waals surface area contributed by atoms with Crippen molar-refractivity contribution < 1.29 is 59.9 Å². The zero-order valence-corrected chi connectivity index (χ0v) is 18.7. The maximum Gasteiger partial charge on any atom is 0.224 e. The highest BCUT2D eigenvalue weighted by Gasteiger charge is 2.48. The molecule has 14 nitrogen and oxygen atoms in total. The molecule has 3 aliphatic rings. The summed E-state index contributed by atoms with van der Waals surface area (Å²) in [7, 11) is 0. The molecule has 0 saturated carbocycles. The Labute approximate surface area is 201 Å². The molecule has 192 valence electrons. The lowest BCUT2D eigenvalue weighted by molar-refractivity contribution is -0.253. The van der Waals surface area contributed by atoms with Crippen molar-refractivity contribution in [2.75, 3.05) is 13.2 Å². The number of aliphatic hydroxyl groups is 8. The van der Waals surface area contributed by atoms with Gasteiger partial charge in [-0.25, -0.2) is 0 Å². The number of rotatable bonds is 6. The molecule has 0 spiro atoms. The predicted octanol–water partition coefficient (Wildman–Crippen LogP) is -5.18. The molecule has 0 aromatic heterocycles. The zero-order chi connectivity index (χ0) is 25.5. The Bertz CT molecular complexity index is 815. The Morgan fingerprint density at radius 3 is 1.26 bits per heavy atom. The molecule has 0 aromatic carbocycles. The Kier molecular flexibility index (Phi) is 8.55. The lowest BCUT2D eigenvalue weighted by atomic mass is 9.94. The fourth-order valence-corrected chi connectivity index (χ4v) is 4.21. The van der Waals surface area contributed by atoms with Crippen molar-refractivity contribution in [2.24, 2.45) is 0 Å². The molecular formula is C18H24Cl2N2O12. The van der Waals surface area contributed by atoms with Crippen LogP contribution in [0.15, 0.2) is 21.5 Å². The first-order valence-corrected chi connectivity index (χ1v) is 10.7. The van der Waals surface area contributed by atoms with E-state index in [1.165, 1.54) is 0 Å². The minimum absolute atomic E-state index is 0.648. The molecule has 3 rings (SSSR count). The van der Waals surface area contributed by atoms with E-state index in [1.807, 2.05) is 0 Å². The van der Waals surface area contributed by atoms with Gasteiger partial charge in [-0.2, -0.15) is 0 Å². The van der Waals surface area contributed by atoms with Crippen molar-refractivity contribution in [3.63, 3.8) is 0 Å². The number of allylic oxidation sites excluding steroid dienone is 2. The van der Waals surface area contributed by atoms with E-state index in [0.717, 1.165) is 0 Å². The highest BCUT2D eigenvalue weighted by atomic mass is 35.5. The summed E-state index contributed by atoms with van der Waals surface area (Å²) in [5.74, 6) is -2.19. The second-order valence-electron chi connectivity index (χ2n) is 7.83. The highest BCUT2D eigenvalue weighted by Crippen LogP contribution is 2.31. The van der Waals surface area contributed by atoms with Crippen molar-refractivity contribution in [3.8, 4) is 0 Å². The minimum Gasteiger partial charge on any atom is -0.394 e. The quantitative estimate of drug-likeness (QED) is 0.144. The van der Waals surface area contributed by atoms with Gasteiger partial charge in [0.05, 0.1) is 13.2 Å². The molecule has 0 radical (unpaired) electrons. The third-order valence-corrected chi connectivity index (χ3v) is 6.44. The van der Waals surface area contributed by atoms with E-state index >= 15 is 0 Å². The summed E-state index contributed by atoms with van der Waals surface area (Å²) < 4.78 is 9.94. The first kappa shape index (κ1) is 27.2. The number of aliphatic hydroxyl groups excluding tert-OH is 8. The van der Waals surface area contributed by atoms with Gasteiger partial charge in [0, 0.05) is 0 Å². The Morgan fingerprint density at radius 1 is 0.647 bits per heavy atom. The first-order chi connectivity index (χ1) is 15.9. The lowest BCUT2D eigenvalue weighted by Crippen LogP contribution is -2.64. The molecule has 0 aromatic rings. The topological polar surface area (TPSA) is 238 Å². The molecule has 1 aliphatic carbocycles. The summed E-state index contributed by atoms with van der Waals surface area (Å²) in [5.41, 5.74) is -1.30. The van der Waals surface area contributed by atoms with Crippen molar-refractivity contribution in [3.05, 3.63) is 21.5 Å². The summed E-state index contributed by atoms with van der Waals surface area (Å²) in [4.78, 5) is 25.6. The van der Waals surface area contributed by atoms with E-state index in [-0.39, 0.29) is 0 Å². The molecule has 2 heterocycles. The van der Waals surface area contributed by atoms with E-state index in [9.17, 15) is 40.2 Å². The number of halogens is 2. The van der Waals surface area contributed by atoms with Crippen molar-refractivity contribution >= 4 is 34.8 Å². The molecule has 0 unspecified atom stereocenters. The van der Waals surface area contributed by atoms with Gasteiger partial charge < -0.3 is 61.0 Å². The number of ether oxygens (including phenoxy) is 2. The van der Waals surface area contributed by atoms with Crippen LogP contribution in [0.1, 0.15) is 0 Å². The smallest absolute Gasteiger partial charge is 0.224 e. The van der Waals surface area contributed by atoms with Gasteiger partial charge in [0.1, 0.15) is 70.2 Å². The Balaban J connectivity index is 1.81. The number of Topliss-reactive ketones (excluding diaryl/α,β-unsaturated/α-hetero) is 2. The Morgan fingerprint density at radius 2 is 0.971 bits per heavy atom. The summed E-state index contributed by atoms with van der Waals surface area (Å²) in [6.07, 6.45) is -13.1. The van der Waals surface area contributed by atoms with Crippen LogP contribution in [0.4, 0.5) is 0 Å². The van der Waals surface area contributed by atoms with Crippen LogP contribution in [0.5, 0.6) is 0 Å². The van der Waals surface area contributed by atoms with Crippen LogP contribution >= 0.6 is 23.2 Å². The van der Waals surface area contributed by atoms with Crippen molar-refractivity contribution in [2.45, 2.75) is 61.3 Å². The number of carbonyl (C=O) groups excluding carboxylic acids is 2. The van der Waals surface area contributed by atoms with Gasteiger partial charge in [0.2, 0.25) is 11.6 Å². The molecule has 0 bridgehead atoms. The largest absolute Gasteiger partial charge is 0.394 e. The van der Waals surface area contributed by atoms with Crippen LogP contribution in [-0.2, 0) is 19.1 Å². The molecule has 16 heteroatoms. The normalized spacial score (nSPS) is 41.7. The van der Waals surface area contributed by atoms with Gasteiger partial charge in [0.25, 0.3) is 0 Å². The molecule has 10 N–H and O–H groups in total. The van der Waals surface area contributed by atoms with E-state index in [2.05, 4.69) is 10.6 Å². The van der Waals surface area contributed by atoms with Gasteiger partial charge in [-0.15, -0.1) is 0 Å². The van der Waals surface area contributed by atoms with Gasteiger partial charge >= 0.3 is 0 Å². The van der Waals surface area contributed by atoms with Crippen LogP contribution in [0, 0.1) is 0 Å². The molecular weight excluding hydrogens is 507 g/mol. The maximum atomic E-state index is 12.8. The monoisotopic (exact) mass is 530 g/mol. The summed E-state index contributed by atoms with van der Waals surface area (Å²) in [6.45, 7) is -1.44. The first-order valence-electron chi connectivity index (χ1n) is 9.97. The predicted molar refractivity (Wildman–Crippen MR) is 110 cm³/mol. The zero-order valence-electron chi connectivity index (χ0n) is 17.2. The van der Waals surface area contributed by atoms with E-state index < -0.39 is 108 Å². The summed E-state index contributed by atoms with van der Waals surface area (Å²) >= 11 is 12.1. The second kappa shape index (κ2) is 10.7. The minimum atomic E-state index is -1.83. The number of nitrogens with one attached hydrogen (secondary N) is 2. The van der Waals surface area contributed by atoms with Crippen LogP contribution < -0.4 is 10.6 Å². The number of ketones is 2. The van der Waals surface area contributed by atoms with Crippen molar-refractivity contribution in [1.82, 2.24) is 10.6 Å². The molecule has 10 atom stereocenters. The van der Waals surface area contributed by atoms with Gasteiger partial charge in [-0.3, -0.25) is 9.59 Å². The maximum absolute atomic E-state index is 12.8. The van der Waals surface area contributed by atoms with Crippen LogP contribution in [0.2, 0.25) is 0 Å². The fourth-order valence-electron chi connectivity index (χ4n) is 3.74. The standard InChI is InChI=1S/C18H24Cl2N2O12/c19-5-7(21-9-15(29)11(25)3(1-23)33-17(9)31)13(27)6(20)8(14(5)28)22-10-16(30)12(26)4(2-24)34-18(10)32/h3-4,9-12,15-18,21-26,29-32H,1-2H2/t3-,4+,9+,10-,11-,12-,15-,16+,17-,18+/m1/s1.